The Morgan fingerprint density at radius 3 is 2.52 bits per heavy atom. The minimum absolute atomic E-state index is 0.00547. The van der Waals surface area contributed by atoms with E-state index in [2.05, 4.69) is 23.9 Å². The fourth-order valence-electron chi connectivity index (χ4n) is 2.94. The normalized spacial score (nSPS) is 22.6. The van der Waals surface area contributed by atoms with Crippen LogP contribution < -0.4 is 10.0 Å². The highest BCUT2D eigenvalue weighted by Crippen LogP contribution is 2.20. The summed E-state index contributed by atoms with van der Waals surface area (Å²) in [5.41, 5.74) is 0. The maximum Gasteiger partial charge on any atom is 0.279 e. The molecule has 21 heavy (non-hydrogen) atoms. The van der Waals surface area contributed by atoms with Crippen LogP contribution in [0.2, 0.25) is 0 Å². The Morgan fingerprint density at radius 1 is 1.19 bits per heavy atom. The smallest absolute Gasteiger partial charge is 0.279 e. The zero-order valence-electron chi connectivity index (χ0n) is 14.1. The van der Waals surface area contributed by atoms with Gasteiger partial charge in [-0.25, -0.2) is 0 Å². The molecule has 126 valence electrons. The zero-order valence-corrected chi connectivity index (χ0v) is 14.9. The quantitative estimate of drug-likeness (QED) is 0.684. The summed E-state index contributed by atoms with van der Waals surface area (Å²) in [6.45, 7) is 7.73. The molecule has 2 unspecified atom stereocenters. The summed E-state index contributed by atoms with van der Waals surface area (Å²) in [7, 11) is -1.48. The van der Waals surface area contributed by atoms with Crippen LogP contribution in [0, 0.1) is 5.92 Å². The van der Waals surface area contributed by atoms with Gasteiger partial charge in [-0.05, 0) is 39.2 Å². The van der Waals surface area contributed by atoms with Crippen molar-refractivity contribution in [3.8, 4) is 0 Å². The van der Waals surface area contributed by atoms with E-state index in [9.17, 15) is 8.42 Å². The fourth-order valence-corrected chi connectivity index (χ4v) is 4.65. The van der Waals surface area contributed by atoms with Gasteiger partial charge in [-0.15, -0.1) is 0 Å². The number of hydrogen-bond acceptors (Lipinski definition) is 3. The summed E-state index contributed by atoms with van der Waals surface area (Å²) in [6, 6.07) is 0.0926. The van der Waals surface area contributed by atoms with Gasteiger partial charge in [0.05, 0.1) is 0 Å². The molecule has 5 nitrogen and oxygen atoms in total. The Balaban J connectivity index is 2.53. The monoisotopic (exact) mass is 319 g/mol. The number of hydrogen-bond donors (Lipinski definition) is 2. The third-order valence-corrected chi connectivity index (χ3v) is 5.89. The van der Waals surface area contributed by atoms with Crippen LogP contribution in [-0.2, 0) is 10.2 Å². The predicted molar refractivity (Wildman–Crippen MR) is 88.5 cm³/mol. The second kappa shape index (κ2) is 9.08. The first-order valence-corrected chi connectivity index (χ1v) is 9.74. The highest BCUT2D eigenvalue weighted by molar-refractivity contribution is 7.87. The van der Waals surface area contributed by atoms with Gasteiger partial charge < -0.3 is 5.32 Å². The van der Waals surface area contributed by atoms with Crippen LogP contribution in [0.4, 0.5) is 0 Å². The molecule has 2 atom stereocenters. The standard InChI is InChI=1S/C15H33N3O2S/c1-13(2)8-7-9-14(3)17-21(19,20)18-11-6-5-10-15(18)12-16-4/h13-17H,5-12H2,1-4H3. The number of nitrogens with zero attached hydrogens (tertiary/aromatic N) is 1. The molecule has 1 aliphatic rings. The minimum Gasteiger partial charge on any atom is -0.318 e. The third kappa shape index (κ3) is 6.63. The molecule has 0 aromatic heterocycles. The SMILES string of the molecule is CNCC1CCCCN1S(=O)(=O)NC(C)CCCC(C)C. The maximum atomic E-state index is 12.6. The minimum atomic E-state index is -3.36. The van der Waals surface area contributed by atoms with Crippen LogP contribution in [0.3, 0.4) is 0 Å². The molecule has 1 fully saturated rings. The largest absolute Gasteiger partial charge is 0.318 e. The molecule has 1 rings (SSSR count). The van der Waals surface area contributed by atoms with Crippen LogP contribution in [0.1, 0.15) is 59.3 Å². The van der Waals surface area contributed by atoms with E-state index in [0.29, 0.717) is 12.5 Å². The molecule has 0 saturated carbocycles. The first-order valence-electron chi connectivity index (χ1n) is 8.30. The van der Waals surface area contributed by atoms with Gasteiger partial charge in [0.2, 0.25) is 0 Å². The fraction of sp³-hybridized carbons (Fsp3) is 1.00. The molecular weight excluding hydrogens is 286 g/mol. The molecule has 0 aromatic carbocycles. The number of nitrogens with one attached hydrogen (secondary N) is 2. The van der Waals surface area contributed by atoms with Crippen LogP contribution in [0.5, 0.6) is 0 Å². The molecular formula is C15H33N3O2S. The summed E-state index contributed by atoms with van der Waals surface area (Å²) in [5, 5.41) is 3.11. The second-order valence-corrected chi connectivity index (χ2v) is 8.32. The molecule has 0 aromatic rings. The summed E-state index contributed by atoms with van der Waals surface area (Å²) in [4.78, 5) is 0. The molecule has 0 amide bonds. The van der Waals surface area contributed by atoms with Crippen molar-refractivity contribution in [1.82, 2.24) is 14.3 Å². The summed E-state index contributed by atoms with van der Waals surface area (Å²) >= 11 is 0. The van der Waals surface area contributed by atoms with Crippen molar-refractivity contribution in [1.29, 1.82) is 0 Å². The molecule has 1 heterocycles. The summed E-state index contributed by atoms with van der Waals surface area (Å²) in [5.74, 6) is 0.677. The van der Waals surface area contributed by atoms with Crippen molar-refractivity contribution in [2.75, 3.05) is 20.1 Å². The lowest BCUT2D eigenvalue weighted by molar-refractivity contribution is 0.244. The number of piperidine rings is 1. The van der Waals surface area contributed by atoms with E-state index in [1.807, 2.05) is 14.0 Å². The third-order valence-electron chi connectivity index (χ3n) is 4.09. The number of rotatable bonds is 9. The van der Waals surface area contributed by atoms with Crippen molar-refractivity contribution in [3.63, 3.8) is 0 Å². The van der Waals surface area contributed by atoms with E-state index in [1.165, 1.54) is 0 Å². The van der Waals surface area contributed by atoms with Gasteiger partial charge in [-0.2, -0.15) is 17.4 Å². The van der Waals surface area contributed by atoms with Gasteiger partial charge in [0.25, 0.3) is 10.2 Å². The summed E-state index contributed by atoms with van der Waals surface area (Å²) < 4.78 is 29.6. The van der Waals surface area contributed by atoms with Gasteiger partial charge >= 0.3 is 0 Å². The van der Waals surface area contributed by atoms with Gasteiger partial charge in [0.15, 0.2) is 0 Å². The summed E-state index contributed by atoms with van der Waals surface area (Å²) in [6.07, 6.45) is 6.15. The first-order chi connectivity index (χ1) is 9.86. The van der Waals surface area contributed by atoms with Crippen molar-refractivity contribution < 1.29 is 8.42 Å². The van der Waals surface area contributed by atoms with E-state index in [0.717, 1.165) is 45.1 Å². The highest BCUT2D eigenvalue weighted by atomic mass is 32.2. The van der Waals surface area contributed by atoms with Crippen molar-refractivity contribution in [2.24, 2.45) is 5.92 Å². The molecule has 2 N–H and O–H groups in total. The van der Waals surface area contributed by atoms with Crippen LogP contribution in [0.25, 0.3) is 0 Å². The molecule has 1 aliphatic heterocycles. The molecule has 1 saturated heterocycles. The average Bonchev–Trinajstić information content (AvgIpc) is 2.38. The Morgan fingerprint density at radius 2 is 1.90 bits per heavy atom. The van der Waals surface area contributed by atoms with Crippen LogP contribution in [0.15, 0.2) is 0 Å². The highest BCUT2D eigenvalue weighted by Gasteiger charge is 2.32. The topological polar surface area (TPSA) is 61.4 Å². The van der Waals surface area contributed by atoms with E-state index in [4.69, 9.17) is 0 Å². The Kier molecular flexibility index (Phi) is 8.16. The molecule has 0 spiro atoms. The molecule has 0 aliphatic carbocycles. The van der Waals surface area contributed by atoms with Gasteiger partial charge in [-0.1, -0.05) is 33.1 Å². The van der Waals surface area contributed by atoms with Gasteiger partial charge in [-0.3, -0.25) is 0 Å². The Labute approximate surface area is 131 Å². The lowest BCUT2D eigenvalue weighted by Crippen LogP contribution is -2.53. The number of likely N-dealkylation sites (N-methyl/N-ethyl adjacent to an activating group) is 1. The van der Waals surface area contributed by atoms with Gasteiger partial charge in [0, 0.05) is 25.2 Å². The molecule has 6 heteroatoms. The van der Waals surface area contributed by atoms with Crippen molar-refractivity contribution in [2.45, 2.75) is 71.4 Å². The Hall–Kier alpha value is -0.170. The van der Waals surface area contributed by atoms with Crippen LogP contribution in [-0.4, -0.2) is 44.9 Å². The van der Waals surface area contributed by atoms with Crippen molar-refractivity contribution >= 4 is 10.2 Å². The Bertz CT molecular complexity index is 382. The van der Waals surface area contributed by atoms with E-state index in [1.54, 1.807) is 4.31 Å². The van der Waals surface area contributed by atoms with Gasteiger partial charge in [0.1, 0.15) is 0 Å². The lowest BCUT2D eigenvalue weighted by Gasteiger charge is -2.35. The lowest BCUT2D eigenvalue weighted by atomic mass is 10.0. The van der Waals surface area contributed by atoms with E-state index in [-0.39, 0.29) is 12.1 Å². The second-order valence-electron chi connectivity index (χ2n) is 6.67. The zero-order chi connectivity index (χ0) is 15.9. The predicted octanol–water partition coefficient (Wildman–Crippen LogP) is 2.11. The van der Waals surface area contributed by atoms with Crippen molar-refractivity contribution in [3.05, 3.63) is 0 Å². The van der Waals surface area contributed by atoms with Crippen LogP contribution >= 0.6 is 0 Å². The first kappa shape index (κ1) is 18.9. The molecule has 0 radical (unpaired) electrons. The molecule has 0 bridgehead atoms. The average molecular weight is 320 g/mol. The maximum absolute atomic E-state index is 12.6. The van der Waals surface area contributed by atoms with E-state index < -0.39 is 10.2 Å². The van der Waals surface area contributed by atoms with E-state index >= 15 is 0 Å².